The summed E-state index contributed by atoms with van der Waals surface area (Å²) in [5.74, 6) is -2.96. The van der Waals surface area contributed by atoms with E-state index in [0.29, 0.717) is 65.2 Å². The van der Waals surface area contributed by atoms with Crippen molar-refractivity contribution in [3.63, 3.8) is 0 Å². The second-order valence-corrected chi connectivity index (χ2v) is 13.8. The number of carbonyl (C=O) groups excluding carboxylic acids is 4. The highest BCUT2D eigenvalue weighted by Gasteiger charge is 2.45. The van der Waals surface area contributed by atoms with Crippen LogP contribution in [0.25, 0.3) is 0 Å². The van der Waals surface area contributed by atoms with E-state index in [1.165, 1.54) is 10.4 Å². The third-order valence-corrected chi connectivity index (χ3v) is 11.2. The van der Waals surface area contributed by atoms with Gasteiger partial charge in [0.25, 0.3) is 22.0 Å². The molecule has 0 bridgehead atoms. The van der Waals surface area contributed by atoms with Gasteiger partial charge in [-0.05, 0) is 43.7 Å². The lowest BCUT2D eigenvalue weighted by Gasteiger charge is -2.39. The number of nitrogens with two attached hydrogens (primary N) is 1. The van der Waals surface area contributed by atoms with Gasteiger partial charge in [0.1, 0.15) is 11.9 Å². The predicted molar refractivity (Wildman–Crippen MR) is 149 cm³/mol. The van der Waals surface area contributed by atoms with E-state index < -0.39 is 45.7 Å². The predicted octanol–water partition coefficient (Wildman–Crippen LogP) is -0.661. The van der Waals surface area contributed by atoms with E-state index in [1.54, 1.807) is 4.31 Å². The number of nitrogens with zero attached hydrogens (tertiary/aromatic N) is 5. The summed E-state index contributed by atoms with van der Waals surface area (Å²) in [5, 5.41) is 2.16. The zero-order chi connectivity index (χ0) is 29.8. The van der Waals surface area contributed by atoms with Crippen LogP contribution in [-0.2, 0) is 19.8 Å². The highest BCUT2D eigenvalue weighted by atomic mass is 32.2. The largest absolute Gasteiger partial charge is 0.369 e. The number of piperazine rings is 1. The normalized spacial score (nSPS) is 27.2. The summed E-state index contributed by atoms with van der Waals surface area (Å²) in [7, 11) is -3.50. The van der Waals surface area contributed by atoms with Crippen molar-refractivity contribution in [2.24, 2.45) is 11.7 Å². The van der Waals surface area contributed by atoms with Crippen molar-refractivity contribution in [1.82, 2.24) is 23.7 Å². The molecule has 2 unspecified atom stereocenters. The second-order valence-electron chi connectivity index (χ2n) is 11.8. The molecule has 3 N–H and O–H groups in total. The van der Waals surface area contributed by atoms with Crippen LogP contribution < -0.4 is 16.0 Å². The number of rotatable bonds is 6. The second kappa shape index (κ2) is 11.3. The monoisotopic (exact) mass is 605 g/mol. The van der Waals surface area contributed by atoms with Crippen molar-refractivity contribution in [1.29, 1.82) is 0 Å². The van der Waals surface area contributed by atoms with Crippen LogP contribution in [0.15, 0.2) is 12.1 Å². The molecule has 228 valence electrons. The fraction of sp³-hybridized carbons (Fsp3) is 0.630. The van der Waals surface area contributed by atoms with E-state index in [4.69, 9.17) is 5.73 Å². The molecule has 4 amide bonds. The van der Waals surface area contributed by atoms with Crippen LogP contribution >= 0.6 is 0 Å². The van der Waals surface area contributed by atoms with Crippen molar-refractivity contribution in [2.45, 2.75) is 44.2 Å². The minimum Gasteiger partial charge on any atom is -0.369 e. The van der Waals surface area contributed by atoms with Gasteiger partial charge in [0, 0.05) is 71.4 Å². The standard InChI is InChI=1S/C27H36FN7O6S/c28-21-13-19-20(27(39)35(26(19)38)22-1-2-24(36)30-25(22)37)14-23(21)32-6-3-17(16-32)15-31-9-11-34(12-10-31)42(40,41)33-7-4-18(29)5-8-33/h13-14,17-18,22H,1-12,15-16,29H2,(H,30,36,37). The van der Waals surface area contributed by atoms with Gasteiger partial charge in [0.05, 0.1) is 16.8 Å². The molecule has 6 rings (SSSR count). The van der Waals surface area contributed by atoms with Crippen LogP contribution in [-0.4, -0.2) is 121 Å². The Bertz CT molecular complexity index is 1410. The highest BCUT2D eigenvalue weighted by Crippen LogP contribution is 2.35. The van der Waals surface area contributed by atoms with Crippen molar-refractivity contribution < 1.29 is 32.0 Å². The molecule has 13 nitrogen and oxygen atoms in total. The van der Waals surface area contributed by atoms with Gasteiger partial charge in [-0.15, -0.1) is 0 Å². The number of halogens is 1. The molecule has 5 heterocycles. The number of hydrogen-bond donors (Lipinski definition) is 2. The Morgan fingerprint density at radius 2 is 1.50 bits per heavy atom. The number of carbonyl (C=O) groups is 4. The van der Waals surface area contributed by atoms with Crippen LogP contribution in [0.2, 0.25) is 0 Å². The molecule has 0 spiro atoms. The number of imide groups is 2. The Morgan fingerprint density at radius 1 is 0.857 bits per heavy atom. The summed E-state index contributed by atoms with van der Waals surface area (Å²) >= 11 is 0. The van der Waals surface area contributed by atoms with Gasteiger partial charge in [-0.25, -0.2) is 4.39 Å². The molecule has 1 aromatic rings. The maximum atomic E-state index is 15.3. The first kappa shape index (κ1) is 29.1. The average molecular weight is 606 g/mol. The smallest absolute Gasteiger partial charge is 0.282 e. The SMILES string of the molecule is NC1CCN(S(=O)(=O)N2CCN(CC3CCN(c4cc5c(cc4F)C(=O)N(C4CCC(=O)NC4=O)C5=O)C3)CC2)CC1. The highest BCUT2D eigenvalue weighted by molar-refractivity contribution is 7.86. The molecule has 15 heteroatoms. The van der Waals surface area contributed by atoms with E-state index >= 15 is 4.39 Å². The molecule has 4 fully saturated rings. The quantitative estimate of drug-likeness (QED) is 0.402. The minimum atomic E-state index is -3.50. The third kappa shape index (κ3) is 5.32. The van der Waals surface area contributed by atoms with E-state index in [9.17, 15) is 27.6 Å². The fourth-order valence-electron chi connectivity index (χ4n) is 6.70. The average Bonchev–Trinajstić information content (AvgIpc) is 3.51. The molecule has 4 saturated heterocycles. The lowest BCUT2D eigenvalue weighted by molar-refractivity contribution is -0.136. The van der Waals surface area contributed by atoms with Crippen LogP contribution in [0.5, 0.6) is 0 Å². The Hall–Kier alpha value is -2.98. The number of nitrogens with one attached hydrogen (secondary N) is 1. The Morgan fingerprint density at radius 3 is 2.17 bits per heavy atom. The van der Waals surface area contributed by atoms with Gasteiger partial charge in [-0.1, -0.05) is 0 Å². The summed E-state index contributed by atoms with van der Waals surface area (Å²) in [5.41, 5.74) is 6.14. The molecule has 2 atom stereocenters. The Balaban J connectivity index is 1.06. The van der Waals surface area contributed by atoms with E-state index in [1.807, 2.05) is 4.90 Å². The fourth-order valence-corrected chi connectivity index (χ4v) is 8.32. The van der Waals surface area contributed by atoms with Gasteiger partial charge in [-0.2, -0.15) is 17.0 Å². The first-order valence-corrected chi connectivity index (χ1v) is 16.0. The third-order valence-electron chi connectivity index (χ3n) is 9.13. The van der Waals surface area contributed by atoms with E-state index in [-0.39, 0.29) is 41.6 Å². The number of piperidine rings is 2. The molecule has 42 heavy (non-hydrogen) atoms. The van der Waals surface area contributed by atoms with Crippen molar-refractivity contribution in [3.05, 3.63) is 29.1 Å². The summed E-state index contributed by atoms with van der Waals surface area (Å²) in [6.07, 6.45) is 2.19. The zero-order valence-electron chi connectivity index (χ0n) is 23.3. The maximum absolute atomic E-state index is 15.3. The van der Waals surface area contributed by atoms with Crippen LogP contribution in [0.4, 0.5) is 10.1 Å². The van der Waals surface area contributed by atoms with E-state index in [0.717, 1.165) is 23.9 Å². The molecule has 0 aromatic heterocycles. The van der Waals surface area contributed by atoms with Crippen molar-refractivity contribution in [2.75, 3.05) is 63.8 Å². The Kier molecular flexibility index (Phi) is 7.81. The van der Waals surface area contributed by atoms with Gasteiger partial charge < -0.3 is 15.5 Å². The van der Waals surface area contributed by atoms with Crippen LogP contribution in [0, 0.1) is 11.7 Å². The summed E-state index contributed by atoms with van der Waals surface area (Å²) in [6.45, 7) is 4.85. The summed E-state index contributed by atoms with van der Waals surface area (Å²) in [6, 6.07) is 1.42. The lowest BCUT2D eigenvalue weighted by Crippen LogP contribution is -2.55. The molecular formula is C27H36FN7O6S. The topological polar surface area (TPSA) is 157 Å². The number of benzene rings is 1. The van der Waals surface area contributed by atoms with Gasteiger partial charge in [-0.3, -0.25) is 29.4 Å². The molecule has 0 saturated carbocycles. The molecule has 0 aliphatic carbocycles. The maximum Gasteiger partial charge on any atom is 0.282 e. The molecule has 0 radical (unpaired) electrons. The number of amides is 4. The molecule has 5 aliphatic rings. The molecular weight excluding hydrogens is 569 g/mol. The van der Waals surface area contributed by atoms with Gasteiger partial charge in [0.15, 0.2) is 0 Å². The molecule has 5 aliphatic heterocycles. The Labute approximate surface area is 243 Å². The number of hydrogen-bond acceptors (Lipinski definition) is 9. The molecule has 1 aromatic carbocycles. The van der Waals surface area contributed by atoms with E-state index in [2.05, 4.69) is 10.2 Å². The number of fused-ring (bicyclic) bond motifs is 1. The lowest BCUT2D eigenvalue weighted by atomic mass is 10.0. The van der Waals surface area contributed by atoms with Gasteiger partial charge in [0.2, 0.25) is 11.8 Å². The van der Waals surface area contributed by atoms with Crippen LogP contribution in [0.1, 0.15) is 52.8 Å². The zero-order valence-corrected chi connectivity index (χ0v) is 24.2. The minimum absolute atomic E-state index is 0.0110. The first-order valence-electron chi connectivity index (χ1n) is 14.6. The first-order chi connectivity index (χ1) is 20.0. The summed E-state index contributed by atoms with van der Waals surface area (Å²) in [4.78, 5) is 55.0. The van der Waals surface area contributed by atoms with Crippen LogP contribution in [0.3, 0.4) is 0 Å². The van der Waals surface area contributed by atoms with Gasteiger partial charge >= 0.3 is 0 Å². The number of anilines is 1. The summed E-state index contributed by atoms with van der Waals surface area (Å²) < 4.78 is 44.5. The van der Waals surface area contributed by atoms with Crippen molar-refractivity contribution in [3.8, 4) is 0 Å². The van der Waals surface area contributed by atoms with Crippen molar-refractivity contribution >= 4 is 39.5 Å².